The van der Waals surface area contributed by atoms with E-state index in [1.165, 1.54) is 0 Å². The molecule has 0 spiro atoms. The second-order valence-electron chi connectivity index (χ2n) is 3.86. The van der Waals surface area contributed by atoms with E-state index in [-0.39, 0.29) is 6.42 Å². The number of carboxylic acids is 1. The van der Waals surface area contributed by atoms with E-state index in [0.717, 1.165) is 22.6 Å². The molecule has 5 nitrogen and oxygen atoms in total. The third-order valence-electron chi connectivity index (χ3n) is 2.70. The van der Waals surface area contributed by atoms with Crippen LogP contribution in [-0.2, 0) is 11.2 Å². The van der Waals surface area contributed by atoms with Gasteiger partial charge in [-0.1, -0.05) is 18.2 Å². The number of aliphatic carboxylic acids is 1. The van der Waals surface area contributed by atoms with Gasteiger partial charge in [0.25, 0.3) is 0 Å². The fourth-order valence-electron chi connectivity index (χ4n) is 1.83. The molecule has 0 atom stereocenters. The smallest absolute Gasteiger partial charge is 0.303 e. The van der Waals surface area contributed by atoms with Gasteiger partial charge in [0.05, 0.1) is 19.7 Å². The molecule has 0 fully saturated rings. The maximum absolute atomic E-state index is 10.6. The third-order valence-corrected chi connectivity index (χ3v) is 2.70. The van der Waals surface area contributed by atoms with Gasteiger partial charge in [-0.05, 0) is 6.07 Å². The van der Waals surface area contributed by atoms with Crippen molar-refractivity contribution >= 4 is 5.97 Å². The van der Waals surface area contributed by atoms with E-state index in [2.05, 4.69) is 10.2 Å². The zero-order chi connectivity index (χ0) is 13.0. The molecule has 0 aliphatic heterocycles. The number of rotatable bonds is 5. The zero-order valence-electron chi connectivity index (χ0n) is 10.0. The van der Waals surface area contributed by atoms with Crippen LogP contribution in [-0.4, -0.2) is 28.4 Å². The van der Waals surface area contributed by atoms with Gasteiger partial charge in [0, 0.05) is 23.2 Å². The molecule has 1 aromatic carbocycles. The number of para-hydroxylation sites is 1. The lowest BCUT2D eigenvalue weighted by molar-refractivity contribution is -0.136. The van der Waals surface area contributed by atoms with Gasteiger partial charge in [-0.2, -0.15) is 5.10 Å². The van der Waals surface area contributed by atoms with Gasteiger partial charge in [0.1, 0.15) is 5.75 Å². The third kappa shape index (κ3) is 2.51. The summed E-state index contributed by atoms with van der Waals surface area (Å²) >= 11 is 0. The predicted molar refractivity (Wildman–Crippen MR) is 66.5 cm³/mol. The average Bonchev–Trinajstić information content (AvgIpc) is 2.84. The van der Waals surface area contributed by atoms with E-state index in [1.54, 1.807) is 13.3 Å². The summed E-state index contributed by atoms with van der Waals surface area (Å²) in [5.41, 5.74) is 2.60. The van der Waals surface area contributed by atoms with Crippen LogP contribution in [0.15, 0.2) is 30.5 Å². The molecule has 0 aliphatic rings. The molecular weight excluding hydrogens is 232 g/mol. The highest BCUT2D eigenvalue weighted by Gasteiger charge is 2.12. The number of aromatic nitrogens is 2. The Labute approximate surface area is 104 Å². The number of nitrogens with zero attached hydrogens (tertiary/aromatic N) is 1. The molecule has 1 heterocycles. The molecule has 18 heavy (non-hydrogen) atoms. The summed E-state index contributed by atoms with van der Waals surface area (Å²) in [6.45, 7) is 0. The lowest BCUT2D eigenvalue weighted by atomic mass is 10.0. The minimum atomic E-state index is -0.824. The highest BCUT2D eigenvalue weighted by atomic mass is 16.5. The number of aromatic amines is 1. The Morgan fingerprint density at radius 3 is 2.89 bits per heavy atom. The Morgan fingerprint density at radius 1 is 1.39 bits per heavy atom. The highest BCUT2D eigenvalue weighted by Crippen LogP contribution is 2.31. The Bertz CT molecular complexity index is 549. The molecule has 0 bridgehead atoms. The maximum atomic E-state index is 10.6. The van der Waals surface area contributed by atoms with Crippen molar-refractivity contribution in [2.45, 2.75) is 12.8 Å². The van der Waals surface area contributed by atoms with Crippen LogP contribution in [0.4, 0.5) is 0 Å². The molecule has 5 heteroatoms. The molecule has 0 radical (unpaired) electrons. The number of ether oxygens (including phenoxy) is 1. The first-order valence-electron chi connectivity index (χ1n) is 5.60. The lowest BCUT2D eigenvalue weighted by Crippen LogP contribution is -1.99. The topological polar surface area (TPSA) is 75.2 Å². The summed E-state index contributed by atoms with van der Waals surface area (Å²) in [4.78, 5) is 10.6. The van der Waals surface area contributed by atoms with E-state index in [4.69, 9.17) is 9.84 Å². The first kappa shape index (κ1) is 12.2. The molecule has 0 saturated carbocycles. The molecule has 2 rings (SSSR count). The van der Waals surface area contributed by atoms with Gasteiger partial charge in [0.2, 0.25) is 0 Å². The van der Waals surface area contributed by atoms with Crippen LogP contribution in [0.5, 0.6) is 5.75 Å². The van der Waals surface area contributed by atoms with Crippen LogP contribution < -0.4 is 4.74 Å². The minimum absolute atomic E-state index is 0.0738. The summed E-state index contributed by atoms with van der Waals surface area (Å²) < 4.78 is 5.29. The summed E-state index contributed by atoms with van der Waals surface area (Å²) in [7, 11) is 1.61. The van der Waals surface area contributed by atoms with Crippen LogP contribution in [0.25, 0.3) is 11.1 Å². The van der Waals surface area contributed by atoms with Gasteiger partial charge in [0.15, 0.2) is 0 Å². The molecule has 2 aromatic rings. The van der Waals surface area contributed by atoms with Crippen molar-refractivity contribution in [3.8, 4) is 16.9 Å². The Balaban J connectivity index is 2.33. The van der Waals surface area contributed by atoms with E-state index in [0.29, 0.717) is 6.42 Å². The van der Waals surface area contributed by atoms with E-state index in [9.17, 15) is 4.79 Å². The van der Waals surface area contributed by atoms with Crippen LogP contribution >= 0.6 is 0 Å². The van der Waals surface area contributed by atoms with Crippen molar-refractivity contribution < 1.29 is 14.6 Å². The van der Waals surface area contributed by atoms with Crippen LogP contribution in [0.3, 0.4) is 0 Å². The standard InChI is InChI=1S/C13H14N2O3/c1-18-12-5-3-2-4-9(12)10-8-14-15-11(10)6-7-13(16)17/h2-5,8H,6-7H2,1H3,(H,14,15)(H,16,17). The summed E-state index contributed by atoms with van der Waals surface area (Å²) in [6.07, 6.45) is 2.18. The average molecular weight is 246 g/mol. The normalized spacial score (nSPS) is 10.3. The maximum Gasteiger partial charge on any atom is 0.303 e. The number of hydrogen-bond acceptors (Lipinski definition) is 3. The Hall–Kier alpha value is -2.30. The van der Waals surface area contributed by atoms with Gasteiger partial charge in [-0.15, -0.1) is 0 Å². The largest absolute Gasteiger partial charge is 0.496 e. The summed E-state index contributed by atoms with van der Waals surface area (Å²) in [6, 6.07) is 7.59. The monoisotopic (exact) mass is 246 g/mol. The molecular formula is C13H14N2O3. The Morgan fingerprint density at radius 2 is 2.17 bits per heavy atom. The fourth-order valence-corrected chi connectivity index (χ4v) is 1.83. The van der Waals surface area contributed by atoms with Gasteiger partial charge in [-0.3, -0.25) is 9.89 Å². The number of nitrogens with one attached hydrogen (secondary N) is 1. The lowest BCUT2D eigenvalue weighted by Gasteiger charge is -2.07. The van der Waals surface area contributed by atoms with Gasteiger partial charge < -0.3 is 9.84 Å². The molecule has 94 valence electrons. The number of carboxylic acid groups (broad SMARTS) is 1. The molecule has 0 saturated heterocycles. The highest BCUT2D eigenvalue weighted by molar-refractivity contribution is 5.73. The SMILES string of the molecule is COc1ccccc1-c1cn[nH]c1CCC(=O)O. The van der Waals surface area contributed by atoms with Crippen molar-refractivity contribution in [2.75, 3.05) is 7.11 Å². The van der Waals surface area contributed by atoms with Gasteiger partial charge >= 0.3 is 5.97 Å². The molecule has 2 N–H and O–H groups in total. The van der Waals surface area contributed by atoms with Crippen molar-refractivity contribution in [1.29, 1.82) is 0 Å². The number of hydrogen-bond donors (Lipinski definition) is 2. The van der Waals surface area contributed by atoms with E-state index >= 15 is 0 Å². The number of methoxy groups -OCH3 is 1. The van der Waals surface area contributed by atoms with Crippen LogP contribution in [0.2, 0.25) is 0 Å². The molecule has 0 unspecified atom stereocenters. The van der Waals surface area contributed by atoms with Crippen molar-refractivity contribution in [1.82, 2.24) is 10.2 Å². The fraction of sp³-hybridized carbons (Fsp3) is 0.231. The summed E-state index contributed by atoms with van der Waals surface area (Å²) in [5.74, 6) is -0.0777. The number of H-pyrrole nitrogens is 1. The molecule has 0 amide bonds. The van der Waals surface area contributed by atoms with Crippen molar-refractivity contribution in [3.05, 3.63) is 36.2 Å². The molecule has 1 aromatic heterocycles. The second kappa shape index (κ2) is 5.35. The van der Waals surface area contributed by atoms with E-state index in [1.807, 2.05) is 24.3 Å². The van der Waals surface area contributed by atoms with E-state index < -0.39 is 5.97 Å². The summed E-state index contributed by atoms with van der Waals surface area (Å²) in [5, 5.41) is 15.5. The van der Waals surface area contributed by atoms with Crippen molar-refractivity contribution in [2.24, 2.45) is 0 Å². The first-order valence-corrected chi connectivity index (χ1v) is 5.60. The van der Waals surface area contributed by atoms with Crippen LogP contribution in [0, 0.1) is 0 Å². The number of aryl methyl sites for hydroxylation is 1. The minimum Gasteiger partial charge on any atom is -0.496 e. The van der Waals surface area contributed by atoms with Gasteiger partial charge in [-0.25, -0.2) is 0 Å². The molecule has 0 aliphatic carbocycles. The predicted octanol–water partition coefficient (Wildman–Crippen LogP) is 2.10. The van der Waals surface area contributed by atoms with Crippen molar-refractivity contribution in [3.63, 3.8) is 0 Å². The zero-order valence-corrected chi connectivity index (χ0v) is 10.0. The number of benzene rings is 1. The number of carbonyl (C=O) groups is 1. The quantitative estimate of drug-likeness (QED) is 0.847. The Kier molecular flexibility index (Phi) is 3.62. The second-order valence-corrected chi connectivity index (χ2v) is 3.86. The van der Waals surface area contributed by atoms with Crippen LogP contribution in [0.1, 0.15) is 12.1 Å². The first-order chi connectivity index (χ1) is 8.72.